The molecule has 0 saturated carbocycles. The monoisotopic (exact) mass is 435 g/mol. The molecule has 0 bridgehead atoms. The Hall–Kier alpha value is -3.07. The molecular formula is C23H21N3O4S. The molecule has 7 nitrogen and oxygen atoms in total. The van der Waals surface area contributed by atoms with Gasteiger partial charge in [-0.3, -0.25) is 4.98 Å². The third kappa shape index (κ3) is 3.74. The van der Waals surface area contributed by atoms with Gasteiger partial charge in [0.1, 0.15) is 12.7 Å². The minimum Gasteiger partial charge on any atom is -0.476 e. The molecule has 0 aliphatic carbocycles. The number of rotatable bonds is 5. The van der Waals surface area contributed by atoms with E-state index < -0.39 is 16.1 Å². The Labute approximate surface area is 180 Å². The van der Waals surface area contributed by atoms with Gasteiger partial charge in [0.25, 0.3) is 0 Å². The molecule has 158 valence electrons. The number of pyridine rings is 1. The van der Waals surface area contributed by atoms with Gasteiger partial charge >= 0.3 is 0 Å². The molecule has 8 heteroatoms. The summed E-state index contributed by atoms with van der Waals surface area (Å²) in [5.41, 5.74) is 3.72. The molecule has 0 amide bonds. The van der Waals surface area contributed by atoms with E-state index in [4.69, 9.17) is 4.74 Å². The van der Waals surface area contributed by atoms with Crippen molar-refractivity contribution in [1.29, 1.82) is 0 Å². The van der Waals surface area contributed by atoms with E-state index in [2.05, 4.69) is 9.98 Å². The zero-order valence-electron chi connectivity index (χ0n) is 16.7. The van der Waals surface area contributed by atoms with E-state index in [0.717, 1.165) is 22.3 Å². The molecule has 0 spiro atoms. The van der Waals surface area contributed by atoms with Crippen LogP contribution in [0.1, 0.15) is 34.1 Å². The number of aliphatic imine (C=N–C) groups is 1. The predicted octanol–water partition coefficient (Wildman–Crippen LogP) is 2.64. The average Bonchev–Trinajstić information content (AvgIpc) is 3.49. The Morgan fingerprint density at radius 1 is 1.00 bits per heavy atom. The Bertz CT molecular complexity index is 1240. The van der Waals surface area contributed by atoms with Crippen LogP contribution in [0, 0.1) is 0 Å². The molecule has 2 aliphatic heterocycles. The molecule has 1 aromatic heterocycles. The molecule has 3 heterocycles. The molecule has 1 N–H and O–H groups in total. The molecule has 1 atom stereocenters. The SMILES string of the molecule is O=S(=O)(c1ccc(C2=NCCO2)cc1)N1Cc2cnc([C@@H](O)c3ccccc3)cc2C1. The lowest BCUT2D eigenvalue weighted by Gasteiger charge is -2.16. The van der Waals surface area contributed by atoms with Crippen molar-refractivity contribution in [3.05, 3.63) is 94.8 Å². The number of benzene rings is 2. The van der Waals surface area contributed by atoms with E-state index in [-0.39, 0.29) is 18.0 Å². The molecule has 0 radical (unpaired) electrons. The van der Waals surface area contributed by atoms with E-state index >= 15 is 0 Å². The van der Waals surface area contributed by atoms with Crippen LogP contribution in [0.2, 0.25) is 0 Å². The van der Waals surface area contributed by atoms with Crippen molar-refractivity contribution in [3.63, 3.8) is 0 Å². The standard InChI is InChI=1S/C23H21N3O4S/c27-22(16-4-2-1-3-5-16)21-12-18-14-26(15-19(18)13-25-21)31(28,29)20-8-6-17(7-9-20)23-24-10-11-30-23/h1-9,12-13,22,27H,10-11,14-15H2/t22-/m0/s1. The number of sulfonamides is 1. The van der Waals surface area contributed by atoms with Gasteiger partial charge in [-0.05, 0) is 47.0 Å². The van der Waals surface area contributed by atoms with Crippen LogP contribution in [0.5, 0.6) is 0 Å². The Morgan fingerprint density at radius 2 is 1.74 bits per heavy atom. The maximum Gasteiger partial charge on any atom is 0.243 e. The van der Waals surface area contributed by atoms with Crippen LogP contribution in [0.3, 0.4) is 0 Å². The summed E-state index contributed by atoms with van der Waals surface area (Å²) in [6, 6.07) is 17.7. The maximum absolute atomic E-state index is 13.2. The van der Waals surface area contributed by atoms with Crippen LogP contribution >= 0.6 is 0 Å². The van der Waals surface area contributed by atoms with Crippen LogP contribution in [-0.4, -0.2) is 41.9 Å². The van der Waals surface area contributed by atoms with Gasteiger partial charge in [0.05, 0.1) is 17.1 Å². The third-order valence-corrected chi connectivity index (χ3v) is 7.32. The number of hydrogen-bond acceptors (Lipinski definition) is 6. The van der Waals surface area contributed by atoms with Gasteiger partial charge < -0.3 is 9.84 Å². The Balaban J connectivity index is 1.36. The lowest BCUT2D eigenvalue weighted by Crippen LogP contribution is -2.25. The van der Waals surface area contributed by atoms with Crippen molar-refractivity contribution in [2.75, 3.05) is 13.2 Å². The maximum atomic E-state index is 13.2. The first-order valence-electron chi connectivity index (χ1n) is 10.0. The summed E-state index contributed by atoms with van der Waals surface area (Å²) in [5, 5.41) is 10.6. The zero-order valence-corrected chi connectivity index (χ0v) is 17.5. The minimum atomic E-state index is -3.67. The average molecular weight is 436 g/mol. The fourth-order valence-corrected chi connectivity index (χ4v) is 5.22. The normalized spacial score (nSPS) is 17.1. The molecule has 31 heavy (non-hydrogen) atoms. The summed E-state index contributed by atoms with van der Waals surface area (Å²) in [6.07, 6.45) is 0.802. The minimum absolute atomic E-state index is 0.222. The number of fused-ring (bicyclic) bond motifs is 1. The first kappa shape index (κ1) is 19.9. The summed E-state index contributed by atoms with van der Waals surface area (Å²) in [7, 11) is -3.67. The highest BCUT2D eigenvalue weighted by Crippen LogP contribution is 2.31. The summed E-state index contributed by atoms with van der Waals surface area (Å²) >= 11 is 0. The largest absolute Gasteiger partial charge is 0.476 e. The van der Waals surface area contributed by atoms with Gasteiger partial charge in [-0.25, -0.2) is 13.4 Å². The second-order valence-electron chi connectivity index (χ2n) is 7.52. The van der Waals surface area contributed by atoms with Crippen LogP contribution < -0.4 is 0 Å². The van der Waals surface area contributed by atoms with Crippen molar-refractivity contribution in [2.45, 2.75) is 24.1 Å². The summed E-state index contributed by atoms with van der Waals surface area (Å²) < 4.78 is 33.2. The first-order chi connectivity index (χ1) is 15.0. The van der Waals surface area contributed by atoms with Gasteiger partial charge in [-0.2, -0.15) is 4.31 Å². The molecule has 3 aromatic rings. The van der Waals surface area contributed by atoms with Gasteiger partial charge in [-0.1, -0.05) is 30.3 Å². The first-order valence-corrected chi connectivity index (χ1v) is 11.4. The summed E-state index contributed by atoms with van der Waals surface area (Å²) in [6.45, 7) is 1.67. The molecular weight excluding hydrogens is 414 g/mol. The number of aliphatic hydroxyl groups excluding tert-OH is 1. The summed E-state index contributed by atoms with van der Waals surface area (Å²) in [5.74, 6) is 0.549. The number of aromatic nitrogens is 1. The van der Waals surface area contributed by atoms with Gasteiger partial charge in [0.2, 0.25) is 15.9 Å². The van der Waals surface area contributed by atoms with Gasteiger partial charge in [-0.15, -0.1) is 0 Å². The number of nitrogens with zero attached hydrogens (tertiary/aromatic N) is 3. The van der Waals surface area contributed by atoms with Crippen molar-refractivity contribution in [1.82, 2.24) is 9.29 Å². The van der Waals surface area contributed by atoms with Crippen molar-refractivity contribution >= 4 is 15.9 Å². The van der Waals surface area contributed by atoms with E-state index in [1.54, 1.807) is 36.5 Å². The van der Waals surface area contributed by atoms with Crippen LogP contribution in [0.15, 0.2) is 76.7 Å². The number of aliphatic hydroxyl groups is 1. The highest BCUT2D eigenvalue weighted by atomic mass is 32.2. The third-order valence-electron chi connectivity index (χ3n) is 5.52. The fraction of sp³-hybridized carbons (Fsp3) is 0.217. The van der Waals surface area contributed by atoms with E-state index in [0.29, 0.717) is 24.7 Å². The van der Waals surface area contributed by atoms with Crippen molar-refractivity contribution < 1.29 is 18.3 Å². The predicted molar refractivity (Wildman–Crippen MR) is 115 cm³/mol. The topological polar surface area (TPSA) is 92.1 Å². The van der Waals surface area contributed by atoms with Crippen molar-refractivity contribution in [3.8, 4) is 0 Å². The van der Waals surface area contributed by atoms with Crippen LogP contribution in [0.4, 0.5) is 0 Å². The number of ether oxygens (including phenoxy) is 1. The fourth-order valence-electron chi connectivity index (χ4n) is 3.82. The van der Waals surface area contributed by atoms with Gasteiger partial charge in [0, 0.05) is 24.8 Å². The molecule has 0 saturated heterocycles. The zero-order chi connectivity index (χ0) is 21.4. The highest BCUT2D eigenvalue weighted by molar-refractivity contribution is 7.89. The highest BCUT2D eigenvalue weighted by Gasteiger charge is 2.31. The van der Waals surface area contributed by atoms with E-state index in [1.807, 2.05) is 30.3 Å². The quantitative estimate of drug-likeness (QED) is 0.665. The lowest BCUT2D eigenvalue weighted by molar-refractivity contribution is 0.215. The Morgan fingerprint density at radius 3 is 2.45 bits per heavy atom. The molecule has 5 rings (SSSR count). The van der Waals surface area contributed by atoms with Crippen molar-refractivity contribution in [2.24, 2.45) is 4.99 Å². The molecule has 2 aromatic carbocycles. The van der Waals surface area contributed by atoms with Crippen LogP contribution in [0.25, 0.3) is 0 Å². The van der Waals surface area contributed by atoms with Crippen LogP contribution in [-0.2, 0) is 27.8 Å². The number of hydrogen-bond donors (Lipinski definition) is 1. The lowest BCUT2D eigenvalue weighted by atomic mass is 10.0. The van der Waals surface area contributed by atoms with E-state index in [1.165, 1.54) is 4.31 Å². The second-order valence-corrected chi connectivity index (χ2v) is 9.46. The summed E-state index contributed by atoms with van der Waals surface area (Å²) in [4.78, 5) is 8.85. The van der Waals surface area contributed by atoms with Gasteiger partial charge in [0.15, 0.2) is 0 Å². The molecule has 2 aliphatic rings. The van der Waals surface area contributed by atoms with E-state index in [9.17, 15) is 13.5 Å². The smallest absolute Gasteiger partial charge is 0.243 e. The Kier molecular flexibility index (Phi) is 5.05. The molecule has 0 fully saturated rings. The molecule has 0 unspecified atom stereocenters. The second kappa shape index (κ2) is 7.88.